The summed E-state index contributed by atoms with van der Waals surface area (Å²) in [6.45, 7) is 7.82. The normalized spacial score (nSPS) is 14.4. The molecular weight excluding hydrogens is 398 g/mol. The number of carboxylic acids is 1. The highest BCUT2D eigenvalue weighted by Gasteiger charge is 2.30. The standard InChI is InChI=1S/C24H25NO4S/c1-4-11-29-17-12-13(2)9-10-15(17)20-19(22(26)24(27)28)14(3)25-23-21(20)16-7-5-6-8-18(16)30-23/h4,9-10,12,22,26H,1,5-8,11H2,2-3H3,(H,27,28). The summed E-state index contributed by atoms with van der Waals surface area (Å²) >= 11 is 1.68. The molecule has 0 amide bonds. The van der Waals surface area contributed by atoms with Crippen LogP contribution in [0.15, 0.2) is 30.9 Å². The van der Waals surface area contributed by atoms with Gasteiger partial charge >= 0.3 is 5.97 Å². The molecule has 30 heavy (non-hydrogen) atoms. The van der Waals surface area contributed by atoms with Crippen molar-refractivity contribution in [3.05, 3.63) is 58.1 Å². The lowest BCUT2D eigenvalue weighted by molar-refractivity contribution is -0.146. The van der Waals surface area contributed by atoms with Gasteiger partial charge in [-0.3, -0.25) is 0 Å². The minimum atomic E-state index is -1.66. The van der Waals surface area contributed by atoms with E-state index in [1.807, 2.05) is 25.1 Å². The number of fused-ring (bicyclic) bond motifs is 3. The minimum Gasteiger partial charge on any atom is -0.489 e. The fourth-order valence-electron chi connectivity index (χ4n) is 4.26. The van der Waals surface area contributed by atoms with Crippen LogP contribution >= 0.6 is 11.3 Å². The maximum atomic E-state index is 11.8. The van der Waals surface area contributed by atoms with Gasteiger partial charge in [0.15, 0.2) is 6.10 Å². The number of rotatable bonds is 6. The number of ether oxygens (including phenoxy) is 1. The van der Waals surface area contributed by atoms with Crippen LogP contribution in [0.5, 0.6) is 5.75 Å². The van der Waals surface area contributed by atoms with Crippen LogP contribution in [0.4, 0.5) is 0 Å². The number of carboxylic acid groups (broad SMARTS) is 1. The van der Waals surface area contributed by atoms with Gasteiger partial charge < -0.3 is 14.9 Å². The molecule has 0 aliphatic heterocycles. The summed E-state index contributed by atoms with van der Waals surface area (Å²) in [7, 11) is 0. The average molecular weight is 424 g/mol. The lowest BCUT2D eigenvalue weighted by Gasteiger charge is -2.20. The molecule has 0 saturated heterocycles. The first-order valence-electron chi connectivity index (χ1n) is 10.1. The molecule has 1 aromatic carbocycles. The van der Waals surface area contributed by atoms with E-state index in [1.165, 1.54) is 10.4 Å². The number of hydrogen-bond acceptors (Lipinski definition) is 5. The van der Waals surface area contributed by atoms with Gasteiger partial charge in [0.05, 0.1) is 0 Å². The van der Waals surface area contributed by atoms with Crippen LogP contribution in [0, 0.1) is 13.8 Å². The van der Waals surface area contributed by atoms with Crippen molar-refractivity contribution in [2.45, 2.75) is 45.6 Å². The summed E-state index contributed by atoms with van der Waals surface area (Å²) in [6, 6.07) is 5.87. The van der Waals surface area contributed by atoms with Gasteiger partial charge in [0.1, 0.15) is 17.2 Å². The molecule has 0 spiro atoms. The maximum Gasteiger partial charge on any atom is 0.337 e. The van der Waals surface area contributed by atoms with E-state index in [0.29, 0.717) is 23.6 Å². The van der Waals surface area contributed by atoms with Crippen LogP contribution < -0.4 is 4.74 Å². The Bertz CT molecular complexity index is 1150. The third kappa shape index (κ3) is 3.50. The van der Waals surface area contributed by atoms with Crippen molar-refractivity contribution in [2.75, 3.05) is 6.61 Å². The summed E-state index contributed by atoms with van der Waals surface area (Å²) in [6.07, 6.45) is 4.21. The lowest BCUT2D eigenvalue weighted by atomic mass is 9.87. The largest absolute Gasteiger partial charge is 0.489 e. The molecule has 2 aromatic heterocycles. The molecule has 4 rings (SSSR count). The number of thiophene rings is 1. The molecule has 156 valence electrons. The molecule has 1 atom stereocenters. The Kier molecular flexibility index (Phi) is 5.62. The molecule has 1 unspecified atom stereocenters. The summed E-state index contributed by atoms with van der Waals surface area (Å²) in [4.78, 5) is 18.7. The Labute approximate surface area is 179 Å². The van der Waals surface area contributed by atoms with E-state index in [1.54, 1.807) is 24.3 Å². The summed E-state index contributed by atoms with van der Waals surface area (Å²) in [5, 5.41) is 21.2. The number of pyridine rings is 1. The van der Waals surface area contributed by atoms with Crippen LogP contribution in [0.3, 0.4) is 0 Å². The molecular formula is C24H25NO4S. The van der Waals surface area contributed by atoms with E-state index in [2.05, 4.69) is 6.58 Å². The number of aromatic nitrogens is 1. The number of aliphatic hydroxyl groups excluding tert-OH is 1. The monoisotopic (exact) mass is 423 g/mol. The fraction of sp³-hybridized carbons (Fsp3) is 0.333. The van der Waals surface area contributed by atoms with Crippen LogP contribution in [0.2, 0.25) is 0 Å². The molecule has 0 radical (unpaired) electrons. The summed E-state index contributed by atoms with van der Waals surface area (Å²) in [5.74, 6) is -0.637. The second-order valence-corrected chi connectivity index (χ2v) is 8.80. The highest BCUT2D eigenvalue weighted by atomic mass is 32.1. The molecule has 0 saturated carbocycles. The molecule has 1 aliphatic carbocycles. The number of carbonyl (C=O) groups is 1. The first kappa shape index (κ1) is 20.6. The predicted octanol–water partition coefficient (Wildman–Crippen LogP) is 5.14. The molecule has 3 aromatic rings. The van der Waals surface area contributed by atoms with Gasteiger partial charge in [0.2, 0.25) is 0 Å². The second-order valence-electron chi connectivity index (χ2n) is 7.72. The average Bonchev–Trinajstić information content (AvgIpc) is 3.08. The van der Waals surface area contributed by atoms with Crippen LogP contribution in [-0.4, -0.2) is 27.8 Å². The Hall–Kier alpha value is -2.70. The highest BCUT2D eigenvalue weighted by Crippen LogP contribution is 2.47. The second kappa shape index (κ2) is 8.20. The Morgan fingerprint density at radius 2 is 2.10 bits per heavy atom. The third-order valence-corrected chi connectivity index (χ3v) is 6.79. The van der Waals surface area contributed by atoms with E-state index >= 15 is 0 Å². The number of hydrogen-bond donors (Lipinski definition) is 2. The highest BCUT2D eigenvalue weighted by molar-refractivity contribution is 7.19. The Morgan fingerprint density at radius 1 is 1.33 bits per heavy atom. The van der Waals surface area contributed by atoms with E-state index in [9.17, 15) is 15.0 Å². The van der Waals surface area contributed by atoms with E-state index in [0.717, 1.165) is 52.6 Å². The Balaban J connectivity index is 2.11. The van der Waals surface area contributed by atoms with E-state index in [4.69, 9.17) is 9.72 Å². The molecule has 0 bridgehead atoms. The van der Waals surface area contributed by atoms with Crippen molar-refractivity contribution >= 4 is 27.5 Å². The van der Waals surface area contributed by atoms with Gasteiger partial charge in [-0.1, -0.05) is 24.8 Å². The zero-order chi connectivity index (χ0) is 21.4. The summed E-state index contributed by atoms with van der Waals surface area (Å²) < 4.78 is 5.96. The SMILES string of the molecule is C=CCOc1cc(C)ccc1-c1c(C(O)C(=O)O)c(C)nc2sc3c(c12)CCCC3. The van der Waals surface area contributed by atoms with Gasteiger partial charge in [0, 0.05) is 32.6 Å². The molecule has 2 heterocycles. The number of nitrogens with zero attached hydrogens (tertiary/aromatic N) is 1. The van der Waals surface area contributed by atoms with Crippen LogP contribution in [-0.2, 0) is 17.6 Å². The quantitative estimate of drug-likeness (QED) is 0.537. The maximum absolute atomic E-state index is 11.8. The molecule has 5 nitrogen and oxygen atoms in total. The zero-order valence-electron chi connectivity index (χ0n) is 17.2. The van der Waals surface area contributed by atoms with Gasteiger partial charge in [-0.05, 0) is 56.7 Å². The number of aliphatic carboxylic acids is 1. The van der Waals surface area contributed by atoms with Crippen molar-refractivity contribution in [1.82, 2.24) is 4.98 Å². The fourth-order valence-corrected chi connectivity index (χ4v) is 5.58. The molecule has 2 N–H and O–H groups in total. The predicted molar refractivity (Wildman–Crippen MR) is 119 cm³/mol. The molecule has 1 aliphatic rings. The zero-order valence-corrected chi connectivity index (χ0v) is 18.0. The van der Waals surface area contributed by atoms with Crippen molar-refractivity contribution in [2.24, 2.45) is 0 Å². The number of benzene rings is 1. The van der Waals surface area contributed by atoms with Gasteiger partial charge in [-0.2, -0.15) is 0 Å². The number of aryl methyl sites for hydroxylation is 4. The smallest absolute Gasteiger partial charge is 0.337 e. The number of aliphatic hydroxyl groups is 1. The van der Waals surface area contributed by atoms with Gasteiger partial charge in [0.25, 0.3) is 0 Å². The molecule has 6 heteroatoms. The summed E-state index contributed by atoms with van der Waals surface area (Å²) in [5.41, 5.74) is 4.64. The van der Waals surface area contributed by atoms with Crippen LogP contribution in [0.1, 0.15) is 46.2 Å². The van der Waals surface area contributed by atoms with Crippen LogP contribution in [0.25, 0.3) is 21.3 Å². The first-order valence-corrected chi connectivity index (χ1v) is 10.9. The van der Waals surface area contributed by atoms with Crippen molar-refractivity contribution in [3.8, 4) is 16.9 Å². The van der Waals surface area contributed by atoms with Gasteiger partial charge in [-0.15, -0.1) is 11.3 Å². The lowest BCUT2D eigenvalue weighted by Crippen LogP contribution is -2.15. The van der Waals surface area contributed by atoms with E-state index < -0.39 is 12.1 Å². The van der Waals surface area contributed by atoms with Crippen molar-refractivity contribution in [3.63, 3.8) is 0 Å². The minimum absolute atomic E-state index is 0.336. The van der Waals surface area contributed by atoms with Gasteiger partial charge in [-0.25, -0.2) is 9.78 Å². The van der Waals surface area contributed by atoms with Crippen molar-refractivity contribution in [1.29, 1.82) is 0 Å². The Morgan fingerprint density at radius 3 is 2.83 bits per heavy atom. The first-order chi connectivity index (χ1) is 14.4. The van der Waals surface area contributed by atoms with E-state index in [-0.39, 0.29) is 0 Å². The topological polar surface area (TPSA) is 79.7 Å². The third-order valence-electron chi connectivity index (χ3n) is 5.60. The molecule has 0 fully saturated rings. The van der Waals surface area contributed by atoms with Crippen molar-refractivity contribution < 1.29 is 19.7 Å².